The molecule has 3 aromatic rings. The van der Waals surface area contributed by atoms with Crippen molar-refractivity contribution in [2.75, 3.05) is 0 Å². The van der Waals surface area contributed by atoms with Crippen LogP contribution < -0.4 is 9.47 Å². The number of benzene rings is 3. The van der Waals surface area contributed by atoms with Crippen LogP contribution in [-0.4, -0.2) is 0 Å². The molecule has 0 saturated heterocycles. The molecule has 0 bridgehead atoms. The molecule has 0 fully saturated rings. The average Bonchev–Trinajstić information content (AvgIpc) is 2.57. The molecule has 0 N–H and O–H groups in total. The number of hydrogen-bond acceptors (Lipinski definition) is 2. The summed E-state index contributed by atoms with van der Waals surface area (Å²) in [4.78, 5) is 0. The van der Waals surface area contributed by atoms with Crippen LogP contribution in [0.4, 0.5) is 0 Å². The Balaban J connectivity index is 0.00000100. The Bertz CT molecular complexity index is 715. The normalized spacial score (nSPS) is 9.67. The van der Waals surface area contributed by atoms with E-state index in [1.54, 1.807) is 0 Å². The largest absolute Gasteiger partial charge is 0.457 e. The molecule has 0 radical (unpaired) electrons. The van der Waals surface area contributed by atoms with Crippen molar-refractivity contribution in [1.82, 2.24) is 0 Å². The van der Waals surface area contributed by atoms with Crippen molar-refractivity contribution < 1.29 is 9.47 Å². The highest BCUT2D eigenvalue weighted by Crippen LogP contribution is 2.28. The third-order valence-electron chi connectivity index (χ3n) is 3.26. The number of aryl methyl sites for hydroxylation is 2. The topological polar surface area (TPSA) is 18.5 Å². The van der Waals surface area contributed by atoms with Crippen molar-refractivity contribution in [3.8, 4) is 23.0 Å². The standard InChI is InChI=1S/C20H18O2.C2H6/c1-15-6-3-8-17(12-15)21-19-10-5-11-20(14-19)22-18-9-4-7-16(2)13-18;1-2/h3-14H,1-2H3;1-2H3. The molecule has 124 valence electrons. The molecule has 0 saturated carbocycles. The maximum atomic E-state index is 5.88. The highest BCUT2D eigenvalue weighted by Gasteiger charge is 2.02. The molecule has 0 amide bonds. The minimum absolute atomic E-state index is 0.760. The first-order valence-corrected chi connectivity index (χ1v) is 8.28. The zero-order valence-electron chi connectivity index (χ0n) is 14.7. The molecule has 0 unspecified atom stereocenters. The van der Waals surface area contributed by atoms with Crippen LogP contribution in [0, 0.1) is 13.8 Å². The molecule has 2 nitrogen and oxygen atoms in total. The van der Waals surface area contributed by atoms with E-state index in [0.29, 0.717) is 0 Å². The van der Waals surface area contributed by atoms with Crippen molar-refractivity contribution in [3.63, 3.8) is 0 Å². The summed E-state index contributed by atoms with van der Waals surface area (Å²) in [6.45, 7) is 8.09. The fourth-order valence-electron chi connectivity index (χ4n) is 2.23. The fraction of sp³-hybridized carbons (Fsp3) is 0.182. The molecule has 0 aromatic heterocycles. The molecular formula is C22H24O2. The summed E-state index contributed by atoms with van der Waals surface area (Å²) >= 11 is 0. The van der Waals surface area contributed by atoms with E-state index in [-0.39, 0.29) is 0 Å². The number of hydrogen-bond donors (Lipinski definition) is 0. The lowest BCUT2D eigenvalue weighted by Crippen LogP contribution is -1.88. The van der Waals surface area contributed by atoms with Crippen LogP contribution in [0.2, 0.25) is 0 Å². The molecule has 24 heavy (non-hydrogen) atoms. The number of rotatable bonds is 4. The molecule has 0 heterocycles. The zero-order valence-corrected chi connectivity index (χ0v) is 14.7. The van der Waals surface area contributed by atoms with Gasteiger partial charge in [-0.3, -0.25) is 0 Å². The van der Waals surface area contributed by atoms with E-state index in [1.165, 1.54) is 11.1 Å². The van der Waals surface area contributed by atoms with E-state index in [2.05, 4.69) is 0 Å². The van der Waals surface area contributed by atoms with E-state index in [9.17, 15) is 0 Å². The Kier molecular flexibility index (Phi) is 6.44. The quantitative estimate of drug-likeness (QED) is 0.519. The van der Waals surface area contributed by atoms with Crippen LogP contribution in [0.25, 0.3) is 0 Å². The first-order valence-electron chi connectivity index (χ1n) is 8.28. The van der Waals surface area contributed by atoms with Crippen LogP contribution >= 0.6 is 0 Å². The summed E-state index contributed by atoms with van der Waals surface area (Å²) in [5.74, 6) is 3.17. The van der Waals surface area contributed by atoms with Crippen molar-refractivity contribution in [1.29, 1.82) is 0 Å². The fourth-order valence-corrected chi connectivity index (χ4v) is 2.23. The minimum atomic E-state index is 0.760. The minimum Gasteiger partial charge on any atom is -0.457 e. The smallest absolute Gasteiger partial charge is 0.131 e. The summed E-state index contributed by atoms with van der Waals surface area (Å²) in [5, 5.41) is 0. The van der Waals surface area contributed by atoms with Crippen LogP contribution in [-0.2, 0) is 0 Å². The van der Waals surface area contributed by atoms with Gasteiger partial charge in [0.25, 0.3) is 0 Å². The third-order valence-corrected chi connectivity index (χ3v) is 3.26. The summed E-state index contributed by atoms with van der Waals surface area (Å²) in [7, 11) is 0. The van der Waals surface area contributed by atoms with Gasteiger partial charge in [0.05, 0.1) is 0 Å². The molecule has 0 atom stereocenters. The summed E-state index contributed by atoms with van der Waals surface area (Å²) in [6.07, 6.45) is 0. The first-order chi connectivity index (χ1) is 11.7. The van der Waals surface area contributed by atoms with E-state index < -0.39 is 0 Å². The van der Waals surface area contributed by atoms with Crippen LogP contribution in [0.1, 0.15) is 25.0 Å². The van der Waals surface area contributed by atoms with E-state index >= 15 is 0 Å². The molecule has 0 aliphatic rings. The summed E-state index contributed by atoms with van der Waals surface area (Å²) < 4.78 is 11.8. The Morgan fingerprint density at radius 2 is 0.833 bits per heavy atom. The van der Waals surface area contributed by atoms with Crippen LogP contribution in [0.15, 0.2) is 72.8 Å². The molecular weight excluding hydrogens is 296 g/mol. The van der Waals surface area contributed by atoms with Gasteiger partial charge in [-0.25, -0.2) is 0 Å². The van der Waals surface area contributed by atoms with Gasteiger partial charge in [0.2, 0.25) is 0 Å². The lowest BCUT2D eigenvalue weighted by atomic mass is 10.2. The van der Waals surface area contributed by atoms with Gasteiger partial charge in [0, 0.05) is 6.07 Å². The van der Waals surface area contributed by atoms with Crippen LogP contribution in [0.5, 0.6) is 23.0 Å². The van der Waals surface area contributed by atoms with E-state index in [1.807, 2.05) is 100 Å². The summed E-state index contributed by atoms with van der Waals surface area (Å²) in [6, 6.07) is 23.6. The van der Waals surface area contributed by atoms with Gasteiger partial charge < -0.3 is 9.47 Å². The van der Waals surface area contributed by atoms with E-state index in [0.717, 1.165) is 23.0 Å². The Labute approximate surface area is 144 Å². The Morgan fingerprint density at radius 3 is 1.21 bits per heavy atom. The van der Waals surface area contributed by atoms with Gasteiger partial charge in [-0.2, -0.15) is 0 Å². The van der Waals surface area contributed by atoms with Gasteiger partial charge >= 0.3 is 0 Å². The highest BCUT2D eigenvalue weighted by atomic mass is 16.5. The van der Waals surface area contributed by atoms with Gasteiger partial charge in [-0.05, 0) is 61.4 Å². The molecule has 0 aliphatic carbocycles. The molecule has 2 heteroatoms. The first kappa shape index (κ1) is 17.6. The second kappa shape index (κ2) is 8.78. The highest BCUT2D eigenvalue weighted by molar-refractivity contribution is 5.40. The van der Waals surface area contributed by atoms with E-state index in [4.69, 9.17) is 9.47 Å². The molecule has 3 rings (SSSR count). The van der Waals surface area contributed by atoms with Crippen LogP contribution in [0.3, 0.4) is 0 Å². The SMILES string of the molecule is CC.Cc1cccc(Oc2cccc(Oc3cccc(C)c3)c2)c1. The number of ether oxygens (including phenoxy) is 2. The second-order valence-corrected chi connectivity index (χ2v) is 5.31. The predicted molar refractivity (Wildman–Crippen MR) is 100 cm³/mol. The van der Waals surface area contributed by atoms with Crippen molar-refractivity contribution in [2.45, 2.75) is 27.7 Å². The maximum absolute atomic E-state index is 5.88. The predicted octanol–water partition coefficient (Wildman–Crippen LogP) is 6.91. The molecule has 0 aliphatic heterocycles. The van der Waals surface area contributed by atoms with Gasteiger partial charge in [0.1, 0.15) is 23.0 Å². The average molecular weight is 320 g/mol. The third kappa shape index (κ3) is 5.17. The lowest BCUT2D eigenvalue weighted by Gasteiger charge is -2.10. The molecule has 0 spiro atoms. The Hall–Kier alpha value is -2.74. The Morgan fingerprint density at radius 1 is 0.500 bits per heavy atom. The van der Waals surface area contributed by atoms with Gasteiger partial charge in [-0.15, -0.1) is 0 Å². The summed E-state index contributed by atoms with van der Waals surface area (Å²) in [5.41, 5.74) is 2.34. The maximum Gasteiger partial charge on any atom is 0.131 e. The van der Waals surface area contributed by atoms with Crippen molar-refractivity contribution >= 4 is 0 Å². The zero-order chi connectivity index (χ0) is 17.4. The monoisotopic (exact) mass is 320 g/mol. The van der Waals surface area contributed by atoms with Crippen molar-refractivity contribution in [3.05, 3.63) is 83.9 Å². The van der Waals surface area contributed by atoms with Gasteiger partial charge in [-0.1, -0.05) is 44.2 Å². The second-order valence-electron chi connectivity index (χ2n) is 5.31. The van der Waals surface area contributed by atoms with Gasteiger partial charge in [0.15, 0.2) is 0 Å². The lowest BCUT2D eigenvalue weighted by molar-refractivity contribution is 0.460. The molecule has 3 aromatic carbocycles. The van der Waals surface area contributed by atoms with Crippen molar-refractivity contribution in [2.24, 2.45) is 0 Å².